The topological polar surface area (TPSA) is 49.9 Å². The minimum Gasteiger partial charge on any atom is -0.471 e. The van der Waals surface area contributed by atoms with Crippen molar-refractivity contribution in [2.45, 2.75) is 31.6 Å². The van der Waals surface area contributed by atoms with Crippen molar-refractivity contribution in [1.82, 2.24) is 4.90 Å². The Morgan fingerprint density at radius 2 is 2.07 bits per heavy atom. The molecule has 2 aromatic carbocycles. The number of Topliss-reactive ketones (excluding diaryl/α,β-unsaturated/α-hetero) is 1. The maximum Gasteiger partial charge on any atom is 0.267 e. The number of likely N-dealkylation sites (tertiary alicyclic amines) is 1. The molecule has 7 heteroatoms. The van der Waals surface area contributed by atoms with E-state index in [9.17, 15) is 18.4 Å². The lowest BCUT2D eigenvalue weighted by atomic mass is 9.74. The van der Waals surface area contributed by atoms with Gasteiger partial charge in [-0.25, -0.2) is 8.78 Å². The van der Waals surface area contributed by atoms with Crippen molar-refractivity contribution in [1.29, 1.82) is 0 Å². The number of benzene rings is 2. The third-order valence-corrected chi connectivity index (χ3v) is 6.02. The van der Waals surface area contributed by atoms with E-state index in [1.165, 1.54) is 4.90 Å². The van der Waals surface area contributed by atoms with Crippen LogP contribution in [0.1, 0.15) is 52.0 Å². The number of rotatable bonds is 3. The van der Waals surface area contributed by atoms with E-state index in [2.05, 4.69) is 0 Å². The van der Waals surface area contributed by atoms with E-state index in [0.29, 0.717) is 11.3 Å². The molecule has 150 valence electrons. The van der Waals surface area contributed by atoms with Crippen molar-refractivity contribution in [2.24, 2.45) is 0 Å². The van der Waals surface area contributed by atoms with Gasteiger partial charge in [-0.15, -0.1) is 0 Å². The lowest BCUT2D eigenvalue weighted by Crippen LogP contribution is -2.31. The van der Waals surface area contributed by atoms with Crippen LogP contribution in [0.5, 0.6) is 5.75 Å². The summed E-state index contributed by atoms with van der Waals surface area (Å²) in [5, 5.41) is 0. The van der Waals surface area contributed by atoms with E-state index < -0.39 is 18.4 Å². The Balaban J connectivity index is 1.40. The normalized spacial score (nSPS) is 21.5. The number of carbonyl (C=O) groups excluding carboxylic acids is 2. The van der Waals surface area contributed by atoms with Gasteiger partial charge in [0.2, 0.25) is 0 Å². The van der Waals surface area contributed by atoms with Crippen LogP contribution in [0.25, 0.3) is 0 Å². The van der Waals surface area contributed by atoms with Crippen LogP contribution < -0.4 is 9.64 Å². The second-order valence-corrected chi connectivity index (χ2v) is 7.81. The summed E-state index contributed by atoms with van der Waals surface area (Å²) in [6, 6.07) is 10.8. The number of halogens is 2. The number of hydrogen-bond acceptors (Lipinski definition) is 4. The first-order valence-electron chi connectivity index (χ1n) is 9.77. The van der Waals surface area contributed by atoms with E-state index in [4.69, 9.17) is 4.74 Å². The third-order valence-electron chi connectivity index (χ3n) is 6.02. The average Bonchev–Trinajstić information content (AvgIpc) is 3.29. The molecule has 2 heterocycles. The number of ketones is 1. The zero-order chi connectivity index (χ0) is 20.3. The van der Waals surface area contributed by atoms with Crippen molar-refractivity contribution in [2.75, 3.05) is 24.7 Å². The summed E-state index contributed by atoms with van der Waals surface area (Å²) in [4.78, 5) is 27.8. The highest BCUT2D eigenvalue weighted by atomic mass is 19.3. The van der Waals surface area contributed by atoms with Crippen molar-refractivity contribution in [3.63, 3.8) is 0 Å². The highest BCUT2D eigenvalue weighted by Crippen LogP contribution is 2.44. The van der Waals surface area contributed by atoms with Crippen molar-refractivity contribution in [3.8, 4) is 5.75 Å². The van der Waals surface area contributed by atoms with Gasteiger partial charge in [0.15, 0.2) is 12.5 Å². The molecule has 0 saturated carbocycles. The Labute approximate surface area is 166 Å². The highest BCUT2D eigenvalue weighted by molar-refractivity contribution is 6.11. The minimum absolute atomic E-state index is 0.0356. The molecule has 1 fully saturated rings. The largest absolute Gasteiger partial charge is 0.471 e. The van der Waals surface area contributed by atoms with Gasteiger partial charge in [0.05, 0.1) is 12.2 Å². The predicted molar refractivity (Wildman–Crippen MR) is 103 cm³/mol. The van der Waals surface area contributed by atoms with E-state index in [0.717, 1.165) is 28.9 Å². The second-order valence-electron chi connectivity index (χ2n) is 7.81. The van der Waals surface area contributed by atoms with Gasteiger partial charge in [0.25, 0.3) is 11.8 Å². The molecule has 1 unspecified atom stereocenters. The Bertz CT molecular complexity index is 1040. The monoisotopic (exact) mass is 398 g/mol. The zero-order valence-corrected chi connectivity index (χ0v) is 16.0. The number of carbonyl (C=O) groups is 2. The van der Waals surface area contributed by atoms with E-state index in [-0.39, 0.29) is 31.4 Å². The predicted octanol–water partition coefficient (Wildman–Crippen LogP) is 4.35. The molecule has 29 heavy (non-hydrogen) atoms. The van der Waals surface area contributed by atoms with Gasteiger partial charge in [-0.1, -0.05) is 6.92 Å². The maximum atomic E-state index is 13.4. The van der Waals surface area contributed by atoms with Gasteiger partial charge in [-0.2, -0.15) is 0 Å². The Hall–Kier alpha value is -2.96. The van der Waals surface area contributed by atoms with Crippen LogP contribution in [0.4, 0.5) is 20.2 Å². The van der Waals surface area contributed by atoms with E-state index >= 15 is 0 Å². The smallest absolute Gasteiger partial charge is 0.267 e. The highest BCUT2D eigenvalue weighted by Gasteiger charge is 2.41. The van der Waals surface area contributed by atoms with Gasteiger partial charge < -0.3 is 14.5 Å². The number of ether oxygens (including phenoxy) is 1. The first kappa shape index (κ1) is 18.1. The summed E-state index contributed by atoms with van der Waals surface area (Å²) < 4.78 is 32.6. The summed E-state index contributed by atoms with van der Waals surface area (Å²) in [7, 11) is 0. The number of nitrogens with zero attached hydrogens (tertiary/aromatic N) is 2. The van der Waals surface area contributed by atoms with Crippen LogP contribution in [0.3, 0.4) is 0 Å². The maximum absolute atomic E-state index is 13.4. The lowest BCUT2D eigenvalue weighted by molar-refractivity contribution is 0.0120. The SMILES string of the molecule is CCC1C(=O)c2ccc(N3COc4cc(C(=O)N5CCC(F)(F)C5)ccc43)cc21. The molecule has 0 N–H and O–H groups in total. The van der Waals surface area contributed by atoms with Gasteiger partial charge in [0.1, 0.15) is 5.75 Å². The van der Waals surface area contributed by atoms with Crippen LogP contribution >= 0.6 is 0 Å². The Morgan fingerprint density at radius 3 is 2.79 bits per heavy atom. The zero-order valence-electron chi connectivity index (χ0n) is 16.0. The number of anilines is 2. The molecule has 0 radical (unpaired) electrons. The summed E-state index contributed by atoms with van der Waals surface area (Å²) in [6.45, 7) is 1.81. The number of alkyl halides is 2. The summed E-state index contributed by atoms with van der Waals surface area (Å²) in [5.41, 5.74) is 3.92. The fraction of sp³-hybridized carbons (Fsp3) is 0.364. The first-order valence-corrected chi connectivity index (χ1v) is 9.77. The molecule has 0 spiro atoms. The molecule has 0 aromatic heterocycles. The van der Waals surface area contributed by atoms with Gasteiger partial charge in [0, 0.05) is 35.7 Å². The molecular formula is C22H20F2N2O3. The molecule has 5 rings (SSSR count). The van der Waals surface area contributed by atoms with Crippen molar-refractivity contribution in [3.05, 3.63) is 53.1 Å². The van der Waals surface area contributed by atoms with E-state index in [1.807, 2.05) is 30.0 Å². The minimum atomic E-state index is -2.81. The van der Waals surface area contributed by atoms with Crippen LogP contribution in [-0.2, 0) is 0 Å². The van der Waals surface area contributed by atoms with Crippen LogP contribution in [0.2, 0.25) is 0 Å². The number of fused-ring (bicyclic) bond motifs is 2. The van der Waals surface area contributed by atoms with Crippen LogP contribution in [0.15, 0.2) is 36.4 Å². The number of amides is 1. The Morgan fingerprint density at radius 1 is 1.24 bits per heavy atom. The fourth-order valence-electron chi connectivity index (χ4n) is 4.38. The summed E-state index contributed by atoms with van der Waals surface area (Å²) in [5.74, 6) is -2.51. The lowest BCUT2D eigenvalue weighted by Gasteiger charge is -2.29. The summed E-state index contributed by atoms with van der Waals surface area (Å²) >= 11 is 0. The molecule has 0 bridgehead atoms. The molecule has 2 aromatic rings. The Kier molecular flexibility index (Phi) is 3.91. The molecule has 1 aliphatic carbocycles. The third kappa shape index (κ3) is 2.79. The van der Waals surface area contributed by atoms with Gasteiger partial charge in [-0.3, -0.25) is 9.59 Å². The van der Waals surface area contributed by atoms with Crippen molar-refractivity contribution >= 4 is 23.1 Å². The molecule has 2 aliphatic heterocycles. The van der Waals surface area contributed by atoms with Crippen LogP contribution in [0, 0.1) is 0 Å². The second kappa shape index (κ2) is 6.27. The molecule has 1 saturated heterocycles. The first-order chi connectivity index (χ1) is 13.9. The van der Waals surface area contributed by atoms with Gasteiger partial charge >= 0.3 is 0 Å². The number of hydrogen-bond donors (Lipinski definition) is 0. The van der Waals surface area contributed by atoms with E-state index in [1.54, 1.807) is 18.2 Å². The molecular weight excluding hydrogens is 378 g/mol. The van der Waals surface area contributed by atoms with Gasteiger partial charge in [-0.05, 0) is 48.4 Å². The quantitative estimate of drug-likeness (QED) is 0.772. The summed E-state index contributed by atoms with van der Waals surface area (Å²) in [6.07, 6.45) is 0.483. The fourth-order valence-corrected chi connectivity index (χ4v) is 4.38. The molecule has 1 amide bonds. The standard InChI is InChI=1S/C22H20F2N2O3/c1-2-15-17-10-14(4-5-16(17)20(15)27)26-12-29-19-9-13(3-6-18(19)26)21(28)25-8-7-22(23,24)11-25/h3-6,9-10,15H,2,7-8,11-12H2,1H3. The van der Waals surface area contributed by atoms with Crippen molar-refractivity contribution < 1.29 is 23.1 Å². The molecule has 5 nitrogen and oxygen atoms in total. The average molecular weight is 398 g/mol. The van der Waals surface area contributed by atoms with Crippen LogP contribution in [-0.4, -0.2) is 42.3 Å². The molecule has 1 atom stereocenters. The molecule has 3 aliphatic rings.